The van der Waals surface area contributed by atoms with E-state index < -0.39 is 16.1 Å². The van der Waals surface area contributed by atoms with Gasteiger partial charge in [-0.05, 0) is 24.6 Å². The molecule has 1 aliphatic heterocycles. The van der Waals surface area contributed by atoms with Gasteiger partial charge in [-0.3, -0.25) is 4.90 Å². The Hall–Kier alpha value is -1.15. The number of hydrogen-bond donors (Lipinski definition) is 1. The molecule has 2 aromatic carbocycles. The second kappa shape index (κ2) is 8.90. The molecule has 1 unspecified atom stereocenters. The van der Waals surface area contributed by atoms with Gasteiger partial charge in [0.1, 0.15) is 4.90 Å². The van der Waals surface area contributed by atoms with Gasteiger partial charge in [0.05, 0.1) is 29.3 Å². The predicted octanol–water partition coefficient (Wildman–Crippen LogP) is 3.65. The van der Waals surface area contributed by atoms with Crippen molar-refractivity contribution in [2.45, 2.75) is 17.9 Å². The van der Waals surface area contributed by atoms with Crippen molar-refractivity contribution in [1.82, 2.24) is 9.62 Å². The van der Waals surface area contributed by atoms with Gasteiger partial charge < -0.3 is 4.74 Å². The standard InChI is InChI=1S/C19H22Cl2N2O3S/c1-14-5-7-15(8-6-14)18(13-23-9-11-26-12-10-23)22-27(24,25)19-16(20)3-2-4-17(19)21/h2-8,18,22H,9-13H2,1H3. The molecule has 1 fully saturated rings. The van der Waals surface area contributed by atoms with Crippen LogP contribution >= 0.6 is 23.2 Å². The fourth-order valence-corrected chi connectivity index (χ4v) is 5.40. The fraction of sp³-hybridized carbons (Fsp3) is 0.368. The quantitative estimate of drug-likeness (QED) is 0.762. The Morgan fingerprint density at radius 3 is 2.26 bits per heavy atom. The van der Waals surface area contributed by atoms with E-state index in [1.165, 1.54) is 12.1 Å². The van der Waals surface area contributed by atoms with Crippen LogP contribution in [0.1, 0.15) is 17.2 Å². The molecule has 0 amide bonds. The lowest BCUT2D eigenvalue weighted by Crippen LogP contribution is -2.43. The summed E-state index contributed by atoms with van der Waals surface area (Å²) in [5.41, 5.74) is 2.00. The first kappa shape index (κ1) is 20.6. The van der Waals surface area contributed by atoms with Gasteiger partial charge in [-0.15, -0.1) is 0 Å². The van der Waals surface area contributed by atoms with E-state index in [9.17, 15) is 8.42 Å². The number of rotatable bonds is 6. The summed E-state index contributed by atoms with van der Waals surface area (Å²) in [4.78, 5) is 2.09. The summed E-state index contributed by atoms with van der Waals surface area (Å²) >= 11 is 12.3. The van der Waals surface area contributed by atoms with E-state index in [1.54, 1.807) is 6.07 Å². The average Bonchev–Trinajstić information content (AvgIpc) is 2.62. The minimum absolute atomic E-state index is 0.0903. The Kier molecular flexibility index (Phi) is 6.78. The first-order valence-electron chi connectivity index (χ1n) is 8.70. The van der Waals surface area contributed by atoms with E-state index in [0.29, 0.717) is 19.8 Å². The lowest BCUT2D eigenvalue weighted by molar-refractivity contribution is 0.0345. The number of hydrogen-bond acceptors (Lipinski definition) is 4. The number of ether oxygens (including phenoxy) is 1. The van der Waals surface area contributed by atoms with E-state index >= 15 is 0 Å². The molecule has 0 spiro atoms. The van der Waals surface area contributed by atoms with Crippen LogP contribution in [0.5, 0.6) is 0 Å². The van der Waals surface area contributed by atoms with Crippen LogP contribution in [0.4, 0.5) is 0 Å². The van der Waals surface area contributed by atoms with Crippen LogP contribution < -0.4 is 4.72 Å². The second-order valence-electron chi connectivity index (χ2n) is 6.55. The monoisotopic (exact) mass is 428 g/mol. The SMILES string of the molecule is Cc1ccc(C(CN2CCOCC2)NS(=O)(=O)c2c(Cl)cccc2Cl)cc1. The largest absolute Gasteiger partial charge is 0.379 e. The molecule has 0 aromatic heterocycles. The van der Waals surface area contributed by atoms with Crippen molar-refractivity contribution in [3.05, 3.63) is 63.6 Å². The number of nitrogens with zero attached hydrogens (tertiary/aromatic N) is 1. The third-order valence-electron chi connectivity index (χ3n) is 4.51. The molecule has 27 heavy (non-hydrogen) atoms. The first-order chi connectivity index (χ1) is 12.9. The highest BCUT2D eigenvalue weighted by atomic mass is 35.5. The predicted molar refractivity (Wildman–Crippen MR) is 108 cm³/mol. The number of benzene rings is 2. The second-order valence-corrected chi connectivity index (χ2v) is 9.01. The maximum atomic E-state index is 13.0. The van der Waals surface area contributed by atoms with Crippen LogP contribution in [0.2, 0.25) is 10.0 Å². The number of morpholine rings is 1. The third-order valence-corrected chi connectivity index (χ3v) is 6.94. The summed E-state index contributed by atoms with van der Waals surface area (Å²) in [6.07, 6.45) is 0. The molecular formula is C19H22Cl2N2O3S. The summed E-state index contributed by atoms with van der Waals surface area (Å²) in [6.45, 7) is 5.34. The Morgan fingerprint density at radius 2 is 1.67 bits per heavy atom. The molecule has 1 N–H and O–H groups in total. The summed E-state index contributed by atoms with van der Waals surface area (Å²) in [5.74, 6) is 0. The molecule has 1 atom stereocenters. The first-order valence-corrected chi connectivity index (χ1v) is 10.9. The van der Waals surface area contributed by atoms with Gasteiger partial charge in [-0.25, -0.2) is 13.1 Å². The Labute approximate surface area is 170 Å². The molecule has 1 saturated heterocycles. The summed E-state index contributed by atoms with van der Waals surface area (Å²) in [7, 11) is -3.90. The van der Waals surface area contributed by atoms with Gasteiger partial charge in [-0.1, -0.05) is 59.1 Å². The highest BCUT2D eigenvalue weighted by molar-refractivity contribution is 7.89. The smallest absolute Gasteiger partial charge is 0.244 e. The molecule has 0 bridgehead atoms. The van der Waals surface area contributed by atoms with Gasteiger partial charge in [0.2, 0.25) is 10.0 Å². The summed E-state index contributed by atoms with van der Waals surface area (Å²) in [6, 6.07) is 12.1. The van der Waals surface area contributed by atoms with Crippen molar-refractivity contribution in [2.24, 2.45) is 0 Å². The van der Waals surface area contributed by atoms with E-state index in [0.717, 1.165) is 24.2 Å². The molecule has 2 aromatic rings. The van der Waals surface area contributed by atoms with Gasteiger partial charge in [0.15, 0.2) is 0 Å². The Bertz CT molecular complexity index is 862. The molecule has 8 heteroatoms. The molecule has 146 valence electrons. The van der Waals surface area contributed by atoms with Crippen LogP contribution in [0, 0.1) is 6.92 Å². The third kappa shape index (κ3) is 5.22. The Balaban J connectivity index is 1.91. The zero-order chi connectivity index (χ0) is 19.4. The van der Waals surface area contributed by atoms with Gasteiger partial charge in [0.25, 0.3) is 0 Å². The van der Waals surface area contributed by atoms with Crippen molar-refractivity contribution < 1.29 is 13.2 Å². The van der Waals surface area contributed by atoms with Gasteiger partial charge in [-0.2, -0.15) is 0 Å². The minimum Gasteiger partial charge on any atom is -0.379 e. The van der Waals surface area contributed by atoms with Crippen LogP contribution in [0.3, 0.4) is 0 Å². The van der Waals surface area contributed by atoms with Crippen molar-refractivity contribution in [1.29, 1.82) is 0 Å². The van der Waals surface area contributed by atoms with Crippen molar-refractivity contribution in [2.75, 3.05) is 32.8 Å². The number of nitrogens with one attached hydrogen (secondary N) is 1. The Morgan fingerprint density at radius 1 is 1.07 bits per heavy atom. The average molecular weight is 429 g/mol. The van der Waals surface area contributed by atoms with Crippen LogP contribution in [0.15, 0.2) is 47.4 Å². The fourth-order valence-electron chi connectivity index (χ4n) is 3.04. The zero-order valence-electron chi connectivity index (χ0n) is 15.0. The van der Waals surface area contributed by atoms with E-state index in [-0.39, 0.29) is 14.9 Å². The highest BCUT2D eigenvalue weighted by Crippen LogP contribution is 2.30. The van der Waals surface area contributed by atoms with E-state index in [1.807, 2.05) is 31.2 Å². The topological polar surface area (TPSA) is 58.6 Å². The lowest BCUT2D eigenvalue weighted by atomic mass is 10.1. The van der Waals surface area contributed by atoms with Crippen LogP contribution in [0.25, 0.3) is 0 Å². The number of halogens is 2. The molecular weight excluding hydrogens is 407 g/mol. The molecule has 0 saturated carbocycles. The van der Waals surface area contributed by atoms with Crippen molar-refractivity contribution >= 4 is 33.2 Å². The summed E-state index contributed by atoms with van der Waals surface area (Å²) < 4.78 is 34.3. The lowest BCUT2D eigenvalue weighted by Gasteiger charge is -2.31. The maximum absolute atomic E-state index is 13.0. The maximum Gasteiger partial charge on any atom is 0.244 e. The van der Waals surface area contributed by atoms with E-state index in [2.05, 4.69) is 9.62 Å². The van der Waals surface area contributed by atoms with Gasteiger partial charge >= 0.3 is 0 Å². The molecule has 0 radical (unpaired) electrons. The van der Waals surface area contributed by atoms with E-state index in [4.69, 9.17) is 27.9 Å². The minimum atomic E-state index is -3.90. The molecule has 5 nitrogen and oxygen atoms in total. The highest BCUT2D eigenvalue weighted by Gasteiger charge is 2.27. The molecule has 1 aliphatic rings. The number of aryl methyl sites for hydroxylation is 1. The number of sulfonamides is 1. The summed E-state index contributed by atoms with van der Waals surface area (Å²) in [5, 5.41) is 0.202. The van der Waals surface area contributed by atoms with Crippen LogP contribution in [-0.4, -0.2) is 46.2 Å². The zero-order valence-corrected chi connectivity index (χ0v) is 17.3. The van der Waals surface area contributed by atoms with Gasteiger partial charge in [0, 0.05) is 19.6 Å². The van der Waals surface area contributed by atoms with Crippen molar-refractivity contribution in [3.63, 3.8) is 0 Å². The normalized spacial score (nSPS) is 17.0. The molecule has 1 heterocycles. The molecule has 3 rings (SSSR count). The molecule has 0 aliphatic carbocycles. The van der Waals surface area contributed by atoms with Crippen LogP contribution in [-0.2, 0) is 14.8 Å². The van der Waals surface area contributed by atoms with Crippen molar-refractivity contribution in [3.8, 4) is 0 Å².